The molecule has 1 fully saturated rings. The molecule has 0 aliphatic carbocycles. The van der Waals surface area contributed by atoms with Gasteiger partial charge in [0.05, 0.1) is 18.1 Å². The van der Waals surface area contributed by atoms with Gasteiger partial charge in [-0.2, -0.15) is 4.31 Å². The first kappa shape index (κ1) is 19.4. The monoisotopic (exact) mass is 396 g/mol. The number of sulfonamides is 1. The van der Waals surface area contributed by atoms with Gasteiger partial charge < -0.3 is 10.1 Å². The first-order valence-corrected chi connectivity index (χ1v) is 9.72. The number of halogens is 2. The summed E-state index contributed by atoms with van der Waals surface area (Å²) in [6.07, 6.45) is 0. The molecule has 6 nitrogen and oxygen atoms in total. The molecular formula is C18H18F2N2O4S. The Bertz CT molecular complexity index is 924. The van der Waals surface area contributed by atoms with Gasteiger partial charge in [0, 0.05) is 31.3 Å². The molecule has 1 amide bonds. The Hall–Kier alpha value is -2.36. The molecule has 27 heavy (non-hydrogen) atoms. The number of morpholine rings is 1. The van der Waals surface area contributed by atoms with Crippen molar-refractivity contribution in [1.29, 1.82) is 0 Å². The topological polar surface area (TPSA) is 75.7 Å². The van der Waals surface area contributed by atoms with E-state index in [1.54, 1.807) is 18.2 Å². The van der Waals surface area contributed by atoms with Crippen LogP contribution in [-0.2, 0) is 21.3 Å². The molecule has 0 atom stereocenters. The summed E-state index contributed by atoms with van der Waals surface area (Å²) in [5.74, 6) is -2.43. The summed E-state index contributed by atoms with van der Waals surface area (Å²) in [5.41, 5.74) is 0.204. The van der Waals surface area contributed by atoms with Crippen LogP contribution in [0.5, 0.6) is 0 Å². The van der Waals surface area contributed by atoms with Crippen molar-refractivity contribution in [3.8, 4) is 0 Å². The molecule has 1 heterocycles. The summed E-state index contributed by atoms with van der Waals surface area (Å²) in [5, 5.41) is 2.51. The molecule has 3 rings (SSSR count). The molecule has 9 heteroatoms. The van der Waals surface area contributed by atoms with Gasteiger partial charge in [-0.25, -0.2) is 17.2 Å². The molecule has 2 aromatic rings. The van der Waals surface area contributed by atoms with E-state index < -0.39 is 27.6 Å². The Balaban J connectivity index is 1.79. The average molecular weight is 396 g/mol. The van der Waals surface area contributed by atoms with E-state index in [0.717, 1.165) is 12.1 Å². The molecule has 0 unspecified atom stereocenters. The first-order valence-electron chi connectivity index (χ1n) is 8.28. The highest BCUT2D eigenvalue weighted by molar-refractivity contribution is 7.89. The molecular weight excluding hydrogens is 378 g/mol. The van der Waals surface area contributed by atoms with Crippen molar-refractivity contribution in [3.05, 3.63) is 65.2 Å². The van der Waals surface area contributed by atoms with Crippen molar-refractivity contribution in [1.82, 2.24) is 9.62 Å². The van der Waals surface area contributed by atoms with E-state index in [2.05, 4.69) is 5.32 Å². The standard InChI is InChI=1S/C18H18F2N2O4S/c19-15-9-14(10-16(20)11-15)18(23)21-12-13-3-1-2-4-17(13)27(24,25)22-5-7-26-8-6-22/h1-4,9-11H,5-8,12H2,(H,21,23). The number of hydrogen-bond donors (Lipinski definition) is 1. The van der Waals surface area contributed by atoms with Crippen LogP contribution >= 0.6 is 0 Å². The number of nitrogens with zero attached hydrogens (tertiary/aromatic N) is 1. The molecule has 0 bridgehead atoms. The van der Waals surface area contributed by atoms with Crippen LogP contribution in [0.1, 0.15) is 15.9 Å². The zero-order valence-corrected chi connectivity index (χ0v) is 15.1. The Morgan fingerprint density at radius 2 is 1.70 bits per heavy atom. The van der Waals surface area contributed by atoms with Crippen LogP contribution in [0.3, 0.4) is 0 Å². The van der Waals surface area contributed by atoms with Crippen molar-refractivity contribution < 1.29 is 26.7 Å². The van der Waals surface area contributed by atoms with Gasteiger partial charge in [0.25, 0.3) is 5.91 Å². The van der Waals surface area contributed by atoms with Gasteiger partial charge in [-0.1, -0.05) is 18.2 Å². The van der Waals surface area contributed by atoms with E-state index in [0.29, 0.717) is 24.8 Å². The zero-order valence-electron chi connectivity index (χ0n) is 14.3. The Morgan fingerprint density at radius 3 is 2.37 bits per heavy atom. The predicted octanol–water partition coefficient (Wildman–Crippen LogP) is 1.92. The van der Waals surface area contributed by atoms with Crippen LogP contribution in [0.4, 0.5) is 8.78 Å². The van der Waals surface area contributed by atoms with E-state index >= 15 is 0 Å². The predicted molar refractivity (Wildman–Crippen MR) is 93.5 cm³/mol. The fraction of sp³-hybridized carbons (Fsp3) is 0.278. The van der Waals surface area contributed by atoms with Gasteiger partial charge in [-0.05, 0) is 23.8 Å². The van der Waals surface area contributed by atoms with Crippen LogP contribution in [0.2, 0.25) is 0 Å². The van der Waals surface area contributed by atoms with Crippen molar-refractivity contribution in [2.24, 2.45) is 0 Å². The van der Waals surface area contributed by atoms with E-state index in [1.807, 2.05) is 0 Å². The minimum Gasteiger partial charge on any atom is -0.379 e. The fourth-order valence-corrected chi connectivity index (χ4v) is 4.42. The summed E-state index contributed by atoms with van der Waals surface area (Å²) in [7, 11) is -3.74. The summed E-state index contributed by atoms with van der Waals surface area (Å²) < 4.78 is 58.8. The van der Waals surface area contributed by atoms with E-state index in [1.165, 1.54) is 10.4 Å². The highest BCUT2D eigenvalue weighted by atomic mass is 32.2. The maximum absolute atomic E-state index is 13.3. The molecule has 144 valence electrons. The highest BCUT2D eigenvalue weighted by Crippen LogP contribution is 2.21. The maximum Gasteiger partial charge on any atom is 0.251 e. The number of carbonyl (C=O) groups is 1. The minimum atomic E-state index is -3.74. The van der Waals surface area contributed by atoms with Gasteiger partial charge in [0.2, 0.25) is 10.0 Å². The summed E-state index contributed by atoms with van der Waals surface area (Å²) in [6.45, 7) is 1.06. The van der Waals surface area contributed by atoms with Crippen molar-refractivity contribution in [2.45, 2.75) is 11.4 Å². The Morgan fingerprint density at radius 1 is 1.07 bits per heavy atom. The Labute approximate surface area is 155 Å². The van der Waals surface area contributed by atoms with Crippen molar-refractivity contribution >= 4 is 15.9 Å². The zero-order chi connectivity index (χ0) is 19.4. The number of nitrogens with one attached hydrogen (secondary N) is 1. The van der Waals surface area contributed by atoms with Crippen molar-refractivity contribution in [3.63, 3.8) is 0 Å². The smallest absolute Gasteiger partial charge is 0.251 e. The number of benzene rings is 2. The van der Waals surface area contributed by atoms with Crippen LogP contribution in [0, 0.1) is 11.6 Å². The molecule has 0 spiro atoms. The lowest BCUT2D eigenvalue weighted by molar-refractivity contribution is 0.0730. The average Bonchev–Trinajstić information content (AvgIpc) is 2.66. The number of carbonyl (C=O) groups excluding carboxylic acids is 1. The minimum absolute atomic E-state index is 0.0811. The number of hydrogen-bond acceptors (Lipinski definition) is 4. The number of amides is 1. The molecule has 1 aliphatic rings. The third-order valence-corrected chi connectivity index (χ3v) is 6.12. The van der Waals surface area contributed by atoms with Gasteiger partial charge in [0.1, 0.15) is 11.6 Å². The van der Waals surface area contributed by atoms with E-state index in [-0.39, 0.29) is 30.1 Å². The largest absolute Gasteiger partial charge is 0.379 e. The van der Waals surface area contributed by atoms with Gasteiger partial charge in [-0.3, -0.25) is 4.79 Å². The van der Waals surface area contributed by atoms with Crippen LogP contribution in [-0.4, -0.2) is 44.9 Å². The van der Waals surface area contributed by atoms with E-state index in [9.17, 15) is 22.0 Å². The van der Waals surface area contributed by atoms with Crippen LogP contribution in [0.15, 0.2) is 47.4 Å². The van der Waals surface area contributed by atoms with Crippen molar-refractivity contribution in [2.75, 3.05) is 26.3 Å². The third kappa shape index (κ3) is 4.49. The summed E-state index contributed by atoms with van der Waals surface area (Å²) >= 11 is 0. The lowest BCUT2D eigenvalue weighted by atomic mass is 10.2. The third-order valence-electron chi connectivity index (χ3n) is 4.12. The lowest BCUT2D eigenvalue weighted by Gasteiger charge is -2.27. The van der Waals surface area contributed by atoms with Gasteiger partial charge in [-0.15, -0.1) is 0 Å². The number of ether oxygens (including phenoxy) is 1. The molecule has 2 aromatic carbocycles. The summed E-state index contributed by atoms with van der Waals surface area (Å²) in [4.78, 5) is 12.2. The van der Waals surface area contributed by atoms with Gasteiger partial charge in [0.15, 0.2) is 0 Å². The fourth-order valence-electron chi connectivity index (χ4n) is 2.79. The second kappa shape index (κ2) is 8.12. The van der Waals surface area contributed by atoms with E-state index in [4.69, 9.17) is 4.74 Å². The lowest BCUT2D eigenvalue weighted by Crippen LogP contribution is -2.41. The second-order valence-corrected chi connectivity index (χ2v) is 7.87. The molecule has 1 N–H and O–H groups in total. The normalized spacial score (nSPS) is 15.5. The van der Waals surface area contributed by atoms with Gasteiger partial charge >= 0.3 is 0 Å². The quantitative estimate of drug-likeness (QED) is 0.838. The van der Waals surface area contributed by atoms with Crippen LogP contribution in [0.25, 0.3) is 0 Å². The molecule has 1 aliphatic heterocycles. The number of rotatable bonds is 5. The highest BCUT2D eigenvalue weighted by Gasteiger charge is 2.28. The molecule has 0 radical (unpaired) electrons. The second-order valence-electron chi connectivity index (χ2n) is 5.96. The SMILES string of the molecule is O=C(NCc1ccccc1S(=O)(=O)N1CCOCC1)c1cc(F)cc(F)c1. The maximum atomic E-state index is 13.3. The first-order chi connectivity index (χ1) is 12.9. The molecule has 0 aromatic heterocycles. The summed E-state index contributed by atoms with van der Waals surface area (Å²) in [6, 6.07) is 8.79. The van der Waals surface area contributed by atoms with Crippen LogP contribution < -0.4 is 5.32 Å². The molecule has 1 saturated heterocycles. The Kier molecular flexibility index (Phi) is 5.83. The molecule has 0 saturated carbocycles.